The Morgan fingerprint density at radius 1 is 1.35 bits per heavy atom. The van der Waals surface area contributed by atoms with E-state index in [0.29, 0.717) is 13.1 Å². The summed E-state index contributed by atoms with van der Waals surface area (Å²) in [5.74, 6) is 0. The standard InChI is InChI=1S/C12H25N3O2/c1-9(13)12(14)5-7-15(8-6-12)10(16)17-11(2,3)4/h9H,5-8,13-14H2,1-4H3. The molecular formula is C12H25N3O2. The van der Waals surface area contributed by atoms with Gasteiger partial charge in [-0.3, -0.25) is 0 Å². The smallest absolute Gasteiger partial charge is 0.410 e. The fourth-order valence-corrected chi connectivity index (χ4v) is 1.89. The summed E-state index contributed by atoms with van der Waals surface area (Å²) in [6.45, 7) is 8.75. The molecule has 0 spiro atoms. The van der Waals surface area contributed by atoms with E-state index in [4.69, 9.17) is 16.2 Å². The lowest BCUT2D eigenvalue weighted by Crippen LogP contribution is -2.60. The van der Waals surface area contributed by atoms with Crippen LogP contribution in [0, 0.1) is 0 Å². The molecule has 1 aliphatic rings. The van der Waals surface area contributed by atoms with Crippen molar-refractivity contribution in [1.29, 1.82) is 0 Å². The lowest BCUT2D eigenvalue weighted by molar-refractivity contribution is 0.0158. The molecule has 100 valence electrons. The molecule has 1 amide bonds. The van der Waals surface area contributed by atoms with Crippen LogP contribution in [0.4, 0.5) is 4.79 Å². The first-order chi connectivity index (χ1) is 7.64. The van der Waals surface area contributed by atoms with Crippen molar-refractivity contribution in [2.75, 3.05) is 13.1 Å². The highest BCUT2D eigenvalue weighted by Gasteiger charge is 2.36. The van der Waals surface area contributed by atoms with E-state index >= 15 is 0 Å². The van der Waals surface area contributed by atoms with E-state index in [2.05, 4.69) is 0 Å². The first kappa shape index (κ1) is 14.3. The number of carbonyl (C=O) groups is 1. The number of carbonyl (C=O) groups excluding carboxylic acids is 1. The average molecular weight is 243 g/mol. The van der Waals surface area contributed by atoms with Crippen molar-refractivity contribution >= 4 is 6.09 Å². The number of likely N-dealkylation sites (tertiary alicyclic amines) is 1. The second-order valence-electron chi connectivity index (χ2n) is 5.99. The van der Waals surface area contributed by atoms with Crippen molar-refractivity contribution in [3.8, 4) is 0 Å². The van der Waals surface area contributed by atoms with Crippen molar-refractivity contribution in [2.24, 2.45) is 11.5 Å². The first-order valence-corrected chi connectivity index (χ1v) is 6.16. The van der Waals surface area contributed by atoms with Crippen molar-refractivity contribution in [3.05, 3.63) is 0 Å². The minimum Gasteiger partial charge on any atom is -0.444 e. The van der Waals surface area contributed by atoms with E-state index in [0.717, 1.165) is 12.8 Å². The summed E-state index contributed by atoms with van der Waals surface area (Å²) < 4.78 is 5.32. The number of rotatable bonds is 1. The minimum atomic E-state index is -0.449. The van der Waals surface area contributed by atoms with E-state index in [9.17, 15) is 4.79 Å². The molecule has 17 heavy (non-hydrogen) atoms. The average Bonchev–Trinajstić information content (AvgIpc) is 2.15. The SMILES string of the molecule is CC(N)C1(N)CCN(C(=O)OC(C)(C)C)CC1. The minimum absolute atomic E-state index is 0.0525. The lowest BCUT2D eigenvalue weighted by atomic mass is 9.83. The second kappa shape index (κ2) is 4.82. The van der Waals surface area contributed by atoms with Gasteiger partial charge in [0.05, 0.1) is 0 Å². The second-order valence-corrected chi connectivity index (χ2v) is 5.99. The van der Waals surface area contributed by atoms with Gasteiger partial charge in [0.15, 0.2) is 0 Å². The summed E-state index contributed by atoms with van der Waals surface area (Å²) in [7, 11) is 0. The molecule has 1 fully saturated rings. The van der Waals surface area contributed by atoms with Gasteiger partial charge in [0, 0.05) is 24.7 Å². The Labute approximate surface area is 103 Å². The number of nitrogens with zero attached hydrogens (tertiary/aromatic N) is 1. The van der Waals surface area contributed by atoms with Crippen LogP contribution in [-0.4, -0.2) is 41.3 Å². The first-order valence-electron chi connectivity index (χ1n) is 6.16. The van der Waals surface area contributed by atoms with Gasteiger partial charge >= 0.3 is 6.09 Å². The maximum atomic E-state index is 11.8. The fraction of sp³-hybridized carbons (Fsp3) is 0.917. The molecular weight excluding hydrogens is 218 g/mol. The third kappa shape index (κ3) is 3.85. The predicted molar refractivity (Wildman–Crippen MR) is 67.6 cm³/mol. The molecule has 1 rings (SSSR count). The Kier molecular flexibility index (Phi) is 4.04. The van der Waals surface area contributed by atoms with Gasteiger partial charge in [-0.05, 0) is 40.5 Å². The maximum Gasteiger partial charge on any atom is 0.410 e. The van der Waals surface area contributed by atoms with E-state index in [-0.39, 0.29) is 17.7 Å². The summed E-state index contributed by atoms with van der Waals surface area (Å²) in [5, 5.41) is 0. The maximum absolute atomic E-state index is 11.8. The fourth-order valence-electron chi connectivity index (χ4n) is 1.89. The molecule has 1 aliphatic heterocycles. The summed E-state index contributed by atoms with van der Waals surface area (Å²) in [6, 6.07) is -0.0525. The Hall–Kier alpha value is -0.810. The van der Waals surface area contributed by atoms with E-state index in [1.165, 1.54) is 0 Å². The quantitative estimate of drug-likeness (QED) is 0.721. The van der Waals surface area contributed by atoms with Gasteiger partial charge in [-0.15, -0.1) is 0 Å². The highest BCUT2D eigenvalue weighted by molar-refractivity contribution is 5.68. The van der Waals surface area contributed by atoms with Crippen LogP contribution in [0.1, 0.15) is 40.5 Å². The zero-order chi connectivity index (χ0) is 13.3. The van der Waals surface area contributed by atoms with Gasteiger partial charge in [0.2, 0.25) is 0 Å². The summed E-state index contributed by atoms with van der Waals surface area (Å²) in [5.41, 5.74) is 11.3. The van der Waals surface area contributed by atoms with Gasteiger partial charge in [0.25, 0.3) is 0 Å². The summed E-state index contributed by atoms with van der Waals surface area (Å²) in [6.07, 6.45) is 1.19. The number of nitrogens with two attached hydrogens (primary N) is 2. The number of amides is 1. The van der Waals surface area contributed by atoms with E-state index in [1.807, 2.05) is 27.7 Å². The molecule has 0 radical (unpaired) electrons. The predicted octanol–water partition coefficient (Wildman–Crippen LogP) is 1.06. The van der Waals surface area contributed by atoms with Crippen molar-refractivity contribution < 1.29 is 9.53 Å². The van der Waals surface area contributed by atoms with Crippen molar-refractivity contribution in [2.45, 2.75) is 57.7 Å². The van der Waals surface area contributed by atoms with Crippen LogP contribution in [0.5, 0.6) is 0 Å². The molecule has 1 atom stereocenters. The molecule has 1 unspecified atom stereocenters. The molecule has 0 aromatic rings. The summed E-state index contributed by atoms with van der Waals surface area (Å²) in [4.78, 5) is 13.5. The number of piperidine rings is 1. The van der Waals surface area contributed by atoms with Gasteiger partial charge < -0.3 is 21.1 Å². The third-order valence-corrected chi connectivity index (χ3v) is 3.25. The van der Waals surface area contributed by atoms with Crippen molar-refractivity contribution in [3.63, 3.8) is 0 Å². The highest BCUT2D eigenvalue weighted by atomic mass is 16.6. The van der Waals surface area contributed by atoms with Crippen LogP contribution in [0.3, 0.4) is 0 Å². The largest absolute Gasteiger partial charge is 0.444 e. The van der Waals surface area contributed by atoms with Gasteiger partial charge in [-0.2, -0.15) is 0 Å². The third-order valence-electron chi connectivity index (χ3n) is 3.25. The highest BCUT2D eigenvalue weighted by Crippen LogP contribution is 2.23. The lowest BCUT2D eigenvalue weighted by Gasteiger charge is -2.41. The van der Waals surface area contributed by atoms with E-state index < -0.39 is 5.60 Å². The number of hydrogen-bond donors (Lipinski definition) is 2. The zero-order valence-corrected chi connectivity index (χ0v) is 11.3. The zero-order valence-electron chi connectivity index (χ0n) is 11.3. The van der Waals surface area contributed by atoms with Crippen LogP contribution in [0.25, 0.3) is 0 Å². The van der Waals surface area contributed by atoms with Crippen LogP contribution >= 0.6 is 0 Å². The van der Waals surface area contributed by atoms with Crippen LogP contribution in [-0.2, 0) is 4.74 Å². The van der Waals surface area contributed by atoms with Crippen LogP contribution in [0.15, 0.2) is 0 Å². The topological polar surface area (TPSA) is 81.6 Å². The summed E-state index contributed by atoms with van der Waals surface area (Å²) >= 11 is 0. The normalized spacial score (nSPS) is 22.1. The van der Waals surface area contributed by atoms with E-state index in [1.54, 1.807) is 4.90 Å². The molecule has 4 N–H and O–H groups in total. The molecule has 1 saturated heterocycles. The molecule has 0 saturated carbocycles. The molecule has 0 aromatic carbocycles. The molecule has 5 heteroatoms. The molecule has 0 aromatic heterocycles. The Bertz CT molecular complexity index is 276. The van der Waals surface area contributed by atoms with Crippen LogP contribution in [0.2, 0.25) is 0 Å². The Morgan fingerprint density at radius 3 is 2.18 bits per heavy atom. The Balaban J connectivity index is 2.50. The molecule has 0 bridgehead atoms. The van der Waals surface area contributed by atoms with Gasteiger partial charge in [-0.25, -0.2) is 4.79 Å². The molecule has 5 nitrogen and oxygen atoms in total. The van der Waals surface area contributed by atoms with Crippen molar-refractivity contribution in [1.82, 2.24) is 4.90 Å². The van der Waals surface area contributed by atoms with Gasteiger partial charge in [-0.1, -0.05) is 0 Å². The number of ether oxygens (including phenoxy) is 1. The van der Waals surface area contributed by atoms with Crippen LogP contribution < -0.4 is 11.5 Å². The molecule has 1 heterocycles. The number of hydrogen-bond acceptors (Lipinski definition) is 4. The van der Waals surface area contributed by atoms with Gasteiger partial charge in [0.1, 0.15) is 5.60 Å². The monoisotopic (exact) mass is 243 g/mol. The Morgan fingerprint density at radius 2 is 1.82 bits per heavy atom. The molecule has 0 aliphatic carbocycles.